The first kappa shape index (κ1) is 11.8. The van der Waals surface area contributed by atoms with Crippen LogP contribution >= 0.6 is 11.3 Å². The van der Waals surface area contributed by atoms with Crippen molar-refractivity contribution >= 4 is 11.3 Å². The maximum atomic E-state index is 5.78. The molecule has 0 bridgehead atoms. The Balaban J connectivity index is 1.97. The van der Waals surface area contributed by atoms with Gasteiger partial charge in [-0.3, -0.25) is 16.3 Å². The second-order valence-corrected chi connectivity index (χ2v) is 5.69. The Kier molecular flexibility index (Phi) is 3.41. The number of nitrogens with zero attached hydrogens (tertiary/aromatic N) is 1. The first-order valence-corrected chi connectivity index (χ1v) is 7.21. The van der Waals surface area contributed by atoms with Gasteiger partial charge in [-0.25, -0.2) is 0 Å². The summed E-state index contributed by atoms with van der Waals surface area (Å²) in [7, 11) is 0. The average Bonchev–Trinajstić information content (AvgIpc) is 2.94. The van der Waals surface area contributed by atoms with Crippen LogP contribution in [0.25, 0.3) is 0 Å². The first-order valence-electron chi connectivity index (χ1n) is 6.33. The van der Waals surface area contributed by atoms with Crippen LogP contribution in [0.5, 0.6) is 0 Å². The Morgan fingerprint density at radius 2 is 2.33 bits per heavy atom. The van der Waals surface area contributed by atoms with E-state index in [4.69, 9.17) is 5.84 Å². The van der Waals surface area contributed by atoms with Crippen LogP contribution in [0.4, 0.5) is 0 Å². The lowest BCUT2D eigenvalue weighted by Crippen LogP contribution is -2.34. The molecule has 1 aliphatic rings. The zero-order valence-electron chi connectivity index (χ0n) is 10.2. The van der Waals surface area contributed by atoms with E-state index in [-0.39, 0.29) is 6.04 Å². The van der Waals surface area contributed by atoms with Gasteiger partial charge in [-0.2, -0.15) is 0 Å². The summed E-state index contributed by atoms with van der Waals surface area (Å²) in [6.07, 6.45) is 5.39. The summed E-state index contributed by atoms with van der Waals surface area (Å²) in [5, 5.41) is 2.10. The van der Waals surface area contributed by atoms with Gasteiger partial charge in [-0.15, -0.1) is 11.3 Å². The summed E-state index contributed by atoms with van der Waals surface area (Å²) in [4.78, 5) is 5.88. The van der Waals surface area contributed by atoms with Gasteiger partial charge in [0.25, 0.3) is 0 Å². The van der Waals surface area contributed by atoms with E-state index in [0.29, 0.717) is 5.92 Å². The van der Waals surface area contributed by atoms with Crippen LogP contribution in [0.1, 0.15) is 40.9 Å². The van der Waals surface area contributed by atoms with Gasteiger partial charge in [0.2, 0.25) is 0 Å². The predicted octanol–water partition coefficient (Wildman–Crippen LogP) is 2.77. The summed E-state index contributed by atoms with van der Waals surface area (Å²) in [5.74, 6) is 6.17. The molecule has 0 spiro atoms. The zero-order valence-corrected chi connectivity index (χ0v) is 11.0. The van der Waals surface area contributed by atoms with Gasteiger partial charge in [0.15, 0.2) is 0 Å². The van der Waals surface area contributed by atoms with Crippen LogP contribution in [0.2, 0.25) is 0 Å². The molecule has 2 aromatic rings. The van der Waals surface area contributed by atoms with Crippen molar-refractivity contribution in [3.63, 3.8) is 0 Å². The molecule has 0 aromatic carbocycles. The van der Waals surface area contributed by atoms with E-state index in [1.165, 1.54) is 22.6 Å². The van der Waals surface area contributed by atoms with E-state index in [2.05, 4.69) is 34.0 Å². The van der Waals surface area contributed by atoms with E-state index in [0.717, 1.165) is 12.8 Å². The van der Waals surface area contributed by atoms with Crippen molar-refractivity contribution in [2.75, 3.05) is 0 Å². The van der Waals surface area contributed by atoms with E-state index in [1.54, 1.807) is 11.3 Å². The molecule has 2 unspecified atom stereocenters. The van der Waals surface area contributed by atoms with Crippen LogP contribution in [0.3, 0.4) is 0 Å². The number of fused-ring (bicyclic) bond motifs is 1. The van der Waals surface area contributed by atoms with Gasteiger partial charge in [0.05, 0.1) is 6.04 Å². The molecule has 2 atom stereocenters. The highest BCUT2D eigenvalue weighted by atomic mass is 32.1. The smallest absolute Gasteiger partial charge is 0.0636 e. The molecule has 2 aromatic heterocycles. The number of hydrazine groups is 1. The maximum absolute atomic E-state index is 5.78. The van der Waals surface area contributed by atoms with Crippen molar-refractivity contribution in [3.05, 3.63) is 52.0 Å². The fourth-order valence-electron chi connectivity index (χ4n) is 2.83. The monoisotopic (exact) mass is 259 g/mol. The standard InChI is InChI=1S/C14H17N3S/c15-17-14(12-7-3-9-18-12)11-6-1-4-10-5-2-8-16-13(10)11/h2-3,5,7-9,11,14,17H,1,4,6,15H2. The first-order chi connectivity index (χ1) is 8.90. The van der Waals surface area contributed by atoms with Crippen molar-refractivity contribution in [3.8, 4) is 0 Å². The SMILES string of the molecule is NNC(c1cccs1)C1CCCc2cccnc21. The third kappa shape index (κ3) is 2.07. The molecule has 0 saturated heterocycles. The molecule has 3 nitrogen and oxygen atoms in total. The number of aryl methyl sites for hydroxylation is 1. The molecule has 3 rings (SSSR count). The molecule has 0 fully saturated rings. The molecular formula is C14H17N3S. The summed E-state index contributed by atoms with van der Waals surface area (Å²) < 4.78 is 0. The Morgan fingerprint density at radius 1 is 1.39 bits per heavy atom. The third-order valence-electron chi connectivity index (χ3n) is 3.67. The summed E-state index contributed by atoms with van der Waals surface area (Å²) >= 11 is 1.75. The number of rotatable bonds is 3. The molecule has 0 amide bonds. The van der Waals surface area contributed by atoms with Crippen molar-refractivity contribution < 1.29 is 0 Å². The molecule has 18 heavy (non-hydrogen) atoms. The average molecular weight is 259 g/mol. The topological polar surface area (TPSA) is 50.9 Å². The predicted molar refractivity (Wildman–Crippen MR) is 74.3 cm³/mol. The second-order valence-electron chi connectivity index (χ2n) is 4.71. The number of nitrogens with two attached hydrogens (primary N) is 1. The molecule has 94 valence electrons. The largest absolute Gasteiger partial charge is 0.271 e. The lowest BCUT2D eigenvalue weighted by Gasteiger charge is -2.30. The lowest BCUT2D eigenvalue weighted by molar-refractivity contribution is 0.404. The molecule has 3 N–H and O–H groups in total. The van der Waals surface area contributed by atoms with Crippen LogP contribution in [-0.2, 0) is 6.42 Å². The molecular weight excluding hydrogens is 242 g/mol. The lowest BCUT2D eigenvalue weighted by atomic mass is 9.81. The Hall–Kier alpha value is -1.23. The van der Waals surface area contributed by atoms with E-state index in [9.17, 15) is 0 Å². The van der Waals surface area contributed by atoms with Gasteiger partial charge < -0.3 is 0 Å². The molecule has 1 aliphatic carbocycles. The Bertz CT molecular complexity index is 510. The molecule has 0 saturated carbocycles. The van der Waals surface area contributed by atoms with Crippen LogP contribution < -0.4 is 11.3 Å². The van der Waals surface area contributed by atoms with Gasteiger partial charge in [-0.1, -0.05) is 12.1 Å². The van der Waals surface area contributed by atoms with Crippen molar-refractivity contribution in [1.82, 2.24) is 10.4 Å². The normalized spacial score (nSPS) is 20.4. The van der Waals surface area contributed by atoms with E-state index >= 15 is 0 Å². The maximum Gasteiger partial charge on any atom is 0.0636 e. The van der Waals surface area contributed by atoms with Gasteiger partial charge in [-0.05, 0) is 42.3 Å². The Labute approximate surface area is 111 Å². The number of pyridine rings is 1. The fourth-order valence-corrected chi connectivity index (χ4v) is 3.68. The minimum absolute atomic E-state index is 0.180. The number of hydrogen-bond donors (Lipinski definition) is 2. The van der Waals surface area contributed by atoms with Gasteiger partial charge in [0, 0.05) is 22.7 Å². The number of aromatic nitrogens is 1. The van der Waals surface area contributed by atoms with Crippen LogP contribution in [0, 0.1) is 0 Å². The molecule has 2 heterocycles. The van der Waals surface area contributed by atoms with Crippen LogP contribution in [0.15, 0.2) is 35.8 Å². The summed E-state index contributed by atoms with van der Waals surface area (Å²) in [6, 6.07) is 8.62. The highest BCUT2D eigenvalue weighted by Crippen LogP contribution is 2.39. The molecule has 0 radical (unpaired) electrons. The highest BCUT2D eigenvalue weighted by Gasteiger charge is 2.29. The highest BCUT2D eigenvalue weighted by molar-refractivity contribution is 7.10. The van der Waals surface area contributed by atoms with E-state index < -0.39 is 0 Å². The minimum Gasteiger partial charge on any atom is -0.271 e. The summed E-state index contributed by atoms with van der Waals surface area (Å²) in [5.41, 5.74) is 5.59. The zero-order chi connectivity index (χ0) is 12.4. The Morgan fingerprint density at radius 3 is 3.11 bits per heavy atom. The number of hydrogen-bond acceptors (Lipinski definition) is 4. The number of nitrogens with one attached hydrogen (secondary N) is 1. The van der Waals surface area contributed by atoms with Crippen molar-refractivity contribution in [1.29, 1.82) is 0 Å². The van der Waals surface area contributed by atoms with Gasteiger partial charge >= 0.3 is 0 Å². The third-order valence-corrected chi connectivity index (χ3v) is 4.63. The van der Waals surface area contributed by atoms with Crippen molar-refractivity contribution in [2.24, 2.45) is 5.84 Å². The number of thiophene rings is 1. The quantitative estimate of drug-likeness (QED) is 0.658. The van der Waals surface area contributed by atoms with Crippen molar-refractivity contribution in [2.45, 2.75) is 31.2 Å². The minimum atomic E-state index is 0.180. The molecule has 0 aliphatic heterocycles. The van der Waals surface area contributed by atoms with Gasteiger partial charge in [0.1, 0.15) is 0 Å². The van der Waals surface area contributed by atoms with E-state index in [1.807, 2.05) is 12.3 Å². The fraction of sp³-hybridized carbons (Fsp3) is 0.357. The van der Waals surface area contributed by atoms with Crippen LogP contribution in [-0.4, -0.2) is 4.98 Å². The second kappa shape index (κ2) is 5.18. The summed E-state index contributed by atoms with van der Waals surface area (Å²) in [6.45, 7) is 0. The molecule has 4 heteroatoms.